The summed E-state index contributed by atoms with van der Waals surface area (Å²) >= 11 is 5.62. The van der Waals surface area contributed by atoms with Gasteiger partial charge in [0.05, 0.1) is 15.6 Å². The number of aromatic nitrogens is 1. The smallest absolute Gasteiger partial charge is 0.240 e. The maximum Gasteiger partial charge on any atom is 0.240 e. The highest BCUT2D eigenvalue weighted by Gasteiger charge is 2.27. The van der Waals surface area contributed by atoms with Crippen LogP contribution in [0.4, 0.5) is 8.78 Å². The number of aryl methyl sites for hydroxylation is 1. The predicted octanol–water partition coefficient (Wildman–Crippen LogP) is 3.74. The van der Waals surface area contributed by atoms with E-state index in [0.717, 1.165) is 36.7 Å². The number of likely N-dealkylation sites (tertiary alicyclic amines) is 1. The van der Waals surface area contributed by atoms with E-state index in [0.29, 0.717) is 25.0 Å². The second kappa shape index (κ2) is 8.58. The molecule has 0 bridgehead atoms. The summed E-state index contributed by atoms with van der Waals surface area (Å²) in [4.78, 5) is 2.02. The van der Waals surface area contributed by atoms with Gasteiger partial charge in [0, 0.05) is 24.0 Å². The molecule has 1 N–H and O–H groups in total. The molecule has 1 saturated heterocycles. The lowest BCUT2D eigenvalue weighted by molar-refractivity contribution is 0.326. The Labute approximate surface area is 177 Å². The Morgan fingerprint density at radius 3 is 2.87 bits per heavy atom. The number of benzene rings is 2. The van der Waals surface area contributed by atoms with Gasteiger partial charge in [0.1, 0.15) is 11.6 Å². The number of sulfonamides is 1. The van der Waals surface area contributed by atoms with E-state index in [4.69, 9.17) is 16.1 Å². The third-order valence-corrected chi connectivity index (χ3v) is 7.02. The van der Waals surface area contributed by atoms with Gasteiger partial charge in [-0.05, 0) is 62.7 Å². The maximum absolute atomic E-state index is 13.6. The van der Waals surface area contributed by atoms with Gasteiger partial charge in [-0.3, -0.25) is 0 Å². The monoisotopic (exact) mass is 455 g/mol. The lowest BCUT2D eigenvalue weighted by Crippen LogP contribution is -2.37. The van der Waals surface area contributed by atoms with E-state index in [2.05, 4.69) is 14.8 Å². The normalized spacial score (nSPS) is 17.8. The van der Waals surface area contributed by atoms with Crippen molar-refractivity contribution in [1.29, 1.82) is 0 Å². The lowest BCUT2D eigenvalue weighted by Gasteiger charge is -2.16. The minimum Gasteiger partial charge on any atom is -0.356 e. The van der Waals surface area contributed by atoms with Crippen molar-refractivity contribution in [3.05, 3.63) is 58.7 Å². The fourth-order valence-electron chi connectivity index (χ4n) is 3.68. The van der Waals surface area contributed by atoms with Gasteiger partial charge in [0.25, 0.3) is 0 Å². The molecule has 1 fully saturated rings. The van der Waals surface area contributed by atoms with E-state index in [1.165, 1.54) is 24.3 Å². The molecule has 3 aromatic rings. The first-order valence-corrected chi connectivity index (χ1v) is 11.4. The van der Waals surface area contributed by atoms with Crippen LogP contribution in [-0.2, 0) is 16.4 Å². The third-order valence-electron chi connectivity index (χ3n) is 5.19. The fraction of sp³-hybridized carbons (Fsp3) is 0.350. The topological polar surface area (TPSA) is 75.4 Å². The van der Waals surface area contributed by atoms with Crippen LogP contribution in [0, 0.1) is 11.6 Å². The van der Waals surface area contributed by atoms with Crippen molar-refractivity contribution in [3.8, 4) is 0 Å². The average Bonchev–Trinajstić information content (AvgIpc) is 3.30. The van der Waals surface area contributed by atoms with E-state index in [1.807, 2.05) is 0 Å². The van der Waals surface area contributed by atoms with E-state index in [-0.39, 0.29) is 21.8 Å². The highest BCUT2D eigenvalue weighted by atomic mass is 35.5. The number of nitrogens with zero attached hydrogens (tertiary/aromatic N) is 2. The molecule has 1 atom stereocenters. The highest BCUT2D eigenvalue weighted by molar-refractivity contribution is 7.89. The van der Waals surface area contributed by atoms with E-state index >= 15 is 0 Å². The molecule has 0 amide bonds. The lowest BCUT2D eigenvalue weighted by atomic mass is 10.1. The van der Waals surface area contributed by atoms with Crippen molar-refractivity contribution < 1.29 is 21.7 Å². The molecule has 2 heterocycles. The zero-order chi connectivity index (χ0) is 21.3. The summed E-state index contributed by atoms with van der Waals surface area (Å²) in [6.07, 6.45) is 2.15. The first-order chi connectivity index (χ1) is 14.3. The first-order valence-electron chi connectivity index (χ1n) is 9.55. The standard InChI is InChI=1S/C20H20ClF2N3O3S/c21-17-6-4-15(11-18(17)23)30(27,28)25-14-7-9-26(12-14)8-1-2-19-16-5-3-13(22)10-20(16)29-24-19/h3-6,10-11,14,25H,1-2,7-9,12H2. The molecule has 0 spiro atoms. The molecule has 1 aliphatic rings. The van der Waals surface area contributed by atoms with E-state index in [1.54, 1.807) is 6.07 Å². The summed E-state index contributed by atoms with van der Waals surface area (Å²) in [6, 6.07) is 7.55. The van der Waals surface area contributed by atoms with Crippen LogP contribution in [0.2, 0.25) is 5.02 Å². The Bertz CT molecular complexity index is 1170. The molecule has 160 valence electrons. The van der Waals surface area contributed by atoms with Gasteiger partial charge in [0.2, 0.25) is 10.0 Å². The quantitative estimate of drug-likeness (QED) is 0.587. The first kappa shape index (κ1) is 21.2. The van der Waals surface area contributed by atoms with Gasteiger partial charge in [-0.2, -0.15) is 0 Å². The molecular weight excluding hydrogens is 436 g/mol. The van der Waals surface area contributed by atoms with E-state index < -0.39 is 15.8 Å². The van der Waals surface area contributed by atoms with Gasteiger partial charge in [-0.15, -0.1) is 0 Å². The molecule has 6 nitrogen and oxygen atoms in total. The molecule has 30 heavy (non-hydrogen) atoms. The second-order valence-electron chi connectivity index (χ2n) is 7.36. The Morgan fingerprint density at radius 2 is 2.07 bits per heavy atom. The van der Waals surface area contributed by atoms with Crippen molar-refractivity contribution >= 4 is 32.6 Å². The summed E-state index contributed by atoms with van der Waals surface area (Å²) in [5.74, 6) is -1.13. The number of nitrogens with one attached hydrogen (secondary N) is 1. The van der Waals surface area contributed by atoms with Crippen LogP contribution in [0.1, 0.15) is 18.5 Å². The van der Waals surface area contributed by atoms with Crippen LogP contribution in [-0.4, -0.2) is 44.2 Å². The zero-order valence-corrected chi connectivity index (χ0v) is 17.5. The Hall–Kier alpha value is -2.07. The summed E-state index contributed by atoms with van der Waals surface area (Å²) in [5, 5.41) is 4.70. The molecule has 2 aromatic carbocycles. The van der Waals surface area contributed by atoms with E-state index in [9.17, 15) is 17.2 Å². The molecule has 1 aromatic heterocycles. The summed E-state index contributed by atoms with van der Waals surface area (Å²) in [6.45, 7) is 2.09. The minimum atomic E-state index is -3.82. The number of hydrogen-bond acceptors (Lipinski definition) is 5. The molecule has 0 aliphatic carbocycles. The van der Waals surface area contributed by atoms with Crippen LogP contribution in [0.5, 0.6) is 0 Å². The van der Waals surface area contributed by atoms with Crippen LogP contribution in [0.15, 0.2) is 45.8 Å². The van der Waals surface area contributed by atoms with Crippen molar-refractivity contribution in [1.82, 2.24) is 14.8 Å². The zero-order valence-electron chi connectivity index (χ0n) is 15.9. The Balaban J connectivity index is 1.29. The molecule has 10 heteroatoms. The van der Waals surface area contributed by atoms with Crippen molar-refractivity contribution in [2.45, 2.75) is 30.2 Å². The fourth-order valence-corrected chi connectivity index (χ4v) is 5.07. The number of rotatable bonds is 7. The Kier molecular flexibility index (Phi) is 6.06. The van der Waals surface area contributed by atoms with Gasteiger partial charge in [-0.1, -0.05) is 16.8 Å². The van der Waals surface area contributed by atoms with Gasteiger partial charge in [-0.25, -0.2) is 21.9 Å². The van der Waals surface area contributed by atoms with Crippen LogP contribution < -0.4 is 4.72 Å². The third kappa shape index (κ3) is 4.64. The molecular formula is C20H20ClF2N3O3S. The largest absolute Gasteiger partial charge is 0.356 e. The summed E-state index contributed by atoms with van der Waals surface area (Å²) < 4.78 is 59.6. The molecule has 1 unspecified atom stereocenters. The number of hydrogen-bond donors (Lipinski definition) is 1. The highest BCUT2D eigenvalue weighted by Crippen LogP contribution is 2.22. The molecule has 4 rings (SSSR count). The molecule has 1 aliphatic heterocycles. The summed E-state index contributed by atoms with van der Waals surface area (Å²) in [7, 11) is -3.82. The van der Waals surface area contributed by atoms with Crippen LogP contribution >= 0.6 is 11.6 Å². The minimum absolute atomic E-state index is 0.119. The van der Waals surface area contributed by atoms with Gasteiger partial charge >= 0.3 is 0 Å². The molecule has 0 radical (unpaired) electrons. The van der Waals surface area contributed by atoms with Crippen molar-refractivity contribution in [2.75, 3.05) is 19.6 Å². The second-order valence-corrected chi connectivity index (χ2v) is 9.48. The summed E-state index contributed by atoms with van der Waals surface area (Å²) in [5.41, 5.74) is 1.21. The van der Waals surface area contributed by atoms with Gasteiger partial charge in [0.15, 0.2) is 5.58 Å². The molecule has 0 saturated carbocycles. The average molecular weight is 456 g/mol. The maximum atomic E-state index is 13.6. The Morgan fingerprint density at radius 1 is 1.23 bits per heavy atom. The number of halogens is 3. The van der Waals surface area contributed by atoms with Gasteiger partial charge < -0.3 is 9.42 Å². The number of fused-ring (bicyclic) bond motifs is 1. The predicted molar refractivity (Wildman–Crippen MR) is 109 cm³/mol. The van der Waals surface area contributed by atoms with Crippen LogP contribution in [0.3, 0.4) is 0 Å². The van der Waals surface area contributed by atoms with Crippen LogP contribution in [0.25, 0.3) is 11.0 Å². The van der Waals surface area contributed by atoms with Crippen molar-refractivity contribution in [2.24, 2.45) is 0 Å². The SMILES string of the molecule is O=S(=O)(NC1CCN(CCCc2noc3cc(F)ccc23)C1)c1ccc(Cl)c(F)c1. The van der Waals surface area contributed by atoms with Crippen molar-refractivity contribution in [3.63, 3.8) is 0 Å².